The molecule has 0 radical (unpaired) electrons. The van der Waals surface area contributed by atoms with E-state index in [9.17, 15) is 4.79 Å². The molecule has 200 valence electrons. The van der Waals surface area contributed by atoms with Gasteiger partial charge in [-0.1, -0.05) is 48.4 Å². The van der Waals surface area contributed by atoms with Gasteiger partial charge in [-0.15, -0.1) is 5.06 Å². The Morgan fingerprint density at radius 3 is 2.24 bits per heavy atom. The second-order valence-electron chi connectivity index (χ2n) is 10.7. The molecule has 0 spiro atoms. The first-order valence-corrected chi connectivity index (χ1v) is 14.4. The van der Waals surface area contributed by atoms with E-state index in [1.54, 1.807) is 0 Å². The van der Waals surface area contributed by atoms with Crippen LogP contribution in [0.25, 0.3) is 0 Å². The highest BCUT2D eigenvalue weighted by Crippen LogP contribution is 2.29. The zero-order valence-electron chi connectivity index (χ0n) is 21.8. The van der Waals surface area contributed by atoms with Gasteiger partial charge in [0.05, 0.1) is 12.1 Å². The van der Waals surface area contributed by atoms with Gasteiger partial charge in [0.15, 0.2) is 0 Å². The number of hydrogen-bond donors (Lipinski definition) is 0. The van der Waals surface area contributed by atoms with E-state index in [4.69, 9.17) is 21.2 Å². The Kier molecular flexibility index (Phi) is 9.24. The van der Waals surface area contributed by atoms with Gasteiger partial charge in [0.2, 0.25) is 0 Å². The van der Waals surface area contributed by atoms with Crippen molar-refractivity contribution >= 4 is 17.7 Å². The third kappa shape index (κ3) is 7.18. The van der Waals surface area contributed by atoms with Crippen LogP contribution in [0.5, 0.6) is 5.75 Å². The first-order chi connectivity index (χ1) is 18.2. The normalized spacial score (nSPS) is 24.1. The van der Waals surface area contributed by atoms with Crippen molar-refractivity contribution in [1.29, 1.82) is 0 Å². The summed E-state index contributed by atoms with van der Waals surface area (Å²) in [5, 5.41) is 2.76. The van der Waals surface area contributed by atoms with Crippen molar-refractivity contribution in [2.75, 3.05) is 32.8 Å². The highest BCUT2D eigenvalue weighted by atomic mass is 35.5. The maximum absolute atomic E-state index is 13.0. The molecule has 0 N–H and O–H groups in total. The molecule has 0 aliphatic carbocycles. The van der Waals surface area contributed by atoms with Crippen LogP contribution in [0.3, 0.4) is 0 Å². The fraction of sp³-hybridized carbons (Fsp3) is 0.567. The molecule has 3 heterocycles. The number of nitrogens with zero attached hydrogens (tertiary/aromatic N) is 3. The summed E-state index contributed by atoms with van der Waals surface area (Å²) in [5.74, 6) is 0.750. The fourth-order valence-corrected chi connectivity index (χ4v) is 6.22. The van der Waals surface area contributed by atoms with Gasteiger partial charge in [0.25, 0.3) is 0 Å². The smallest absolute Gasteiger partial charge is 0.409 e. The zero-order chi connectivity index (χ0) is 25.5. The molecule has 0 saturated carbocycles. The minimum atomic E-state index is -0.186. The summed E-state index contributed by atoms with van der Waals surface area (Å²) >= 11 is 6.10. The van der Waals surface area contributed by atoms with Crippen molar-refractivity contribution < 1.29 is 14.4 Å². The van der Waals surface area contributed by atoms with E-state index in [1.807, 2.05) is 35.2 Å². The molecule has 2 atom stereocenters. The molecule has 7 heteroatoms. The molecule has 2 aromatic rings. The summed E-state index contributed by atoms with van der Waals surface area (Å²) in [4.78, 5) is 24.0. The summed E-state index contributed by atoms with van der Waals surface area (Å²) in [5.41, 5.74) is 1.28. The number of ether oxygens (including phenoxy) is 1. The van der Waals surface area contributed by atoms with Gasteiger partial charge in [-0.05, 0) is 94.3 Å². The molecule has 6 nitrogen and oxygen atoms in total. The van der Waals surface area contributed by atoms with Gasteiger partial charge in [0.1, 0.15) is 12.4 Å². The number of benzene rings is 2. The molecule has 0 aromatic heterocycles. The van der Waals surface area contributed by atoms with Gasteiger partial charge < -0.3 is 19.4 Å². The van der Waals surface area contributed by atoms with Gasteiger partial charge in [-0.25, -0.2) is 4.79 Å². The predicted molar refractivity (Wildman–Crippen MR) is 147 cm³/mol. The Balaban J connectivity index is 1.19. The molecule has 2 aromatic carbocycles. The topological polar surface area (TPSA) is 45.2 Å². The first kappa shape index (κ1) is 26.3. The summed E-state index contributed by atoms with van der Waals surface area (Å²) in [6, 6.07) is 18.8. The molecule has 1 amide bonds. The summed E-state index contributed by atoms with van der Waals surface area (Å²) in [6.07, 6.45) is 9.83. The van der Waals surface area contributed by atoms with Gasteiger partial charge in [-0.3, -0.25) is 0 Å². The Hall–Kier alpha value is -2.28. The van der Waals surface area contributed by atoms with Gasteiger partial charge in [0, 0.05) is 24.2 Å². The predicted octanol–water partition coefficient (Wildman–Crippen LogP) is 6.19. The van der Waals surface area contributed by atoms with Crippen molar-refractivity contribution in [3.05, 3.63) is 65.2 Å². The number of carbonyl (C=O) groups excluding carboxylic acids is 1. The molecule has 5 rings (SSSR count). The zero-order valence-corrected chi connectivity index (χ0v) is 22.5. The lowest BCUT2D eigenvalue weighted by Crippen LogP contribution is -2.52. The number of piperidine rings is 3. The van der Waals surface area contributed by atoms with Crippen molar-refractivity contribution in [2.24, 2.45) is 0 Å². The van der Waals surface area contributed by atoms with Crippen molar-refractivity contribution in [1.82, 2.24) is 14.9 Å². The lowest BCUT2D eigenvalue weighted by atomic mass is 9.93. The molecule has 0 unspecified atom stereocenters. The van der Waals surface area contributed by atoms with Crippen LogP contribution in [0.2, 0.25) is 5.02 Å². The van der Waals surface area contributed by atoms with Crippen LogP contribution in [0, 0.1) is 0 Å². The standard InChI is InChI=1S/C30H40ClN3O3/c31-25-12-14-29(15-13-25)37-34-27(22-24-8-3-1-4-9-24)10-7-11-28(34)23-36-30(35)33-20-16-26(17-21-33)32-18-5-2-6-19-32/h1,3-4,8-9,12-15,26-28H,2,5-7,10-11,16-23H2/t27-,28+/m0/s1. The molecule has 37 heavy (non-hydrogen) atoms. The van der Waals surface area contributed by atoms with Crippen LogP contribution < -0.4 is 4.84 Å². The molecule has 3 aliphatic rings. The molecular weight excluding hydrogens is 486 g/mol. The van der Waals surface area contributed by atoms with Crippen molar-refractivity contribution in [2.45, 2.75) is 75.9 Å². The molecule has 3 fully saturated rings. The van der Waals surface area contributed by atoms with Crippen LogP contribution in [0.1, 0.15) is 56.9 Å². The number of halogens is 1. The number of likely N-dealkylation sites (tertiary alicyclic amines) is 2. The summed E-state index contributed by atoms with van der Waals surface area (Å²) in [6.45, 7) is 4.33. The van der Waals surface area contributed by atoms with Crippen molar-refractivity contribution in [3.63, 3.8) is 0 Å². The Bertz CT molecular complexity index is 975. The largest absolute Gasteiger partial charge is 0.448 e. The number of amides is 1. The van der Waals surface area contributed by atoms with E-state index in [-0.39, 0.29) is 18.2 Å². The fourth-order valence-electron chi connectivity index (χ4n) is 6.10. The van der Waals surface area contributed by atoms with Crippen molar-refractivity contribution in [3.8, 4) is 5.75 Å². The van der Waals surface area contributed by atoms with E-state index < -0.39 is 0 Å². The lowest BCUT2D eigenvalue weighted by molar-refractivity contribution is -0.159. The minimum Gasteiger partial charge on any atom is -0.448 e. The quantitative estimate of drug-likeness (QED) is 0.431. The average Bonchev–Trinajstić information content (AvgIpc) is 2.95. The third-order valence-electron chi connectivity index (χ3n) is 8.16. The minimum absolute atomic E-state index is 0.00739. The second kappa shape index (κ2) is 13.0. The molecule has 0 bridgehead atoms. The SMILES string of the molecule is O=C(OC[C@H]1CCC[C@@H](Cc2ccccc2)N1Oc1ccc(Cl)cc1)N1CCC(N2CCCCC2)CC1. The van der Waals surface area contributed by atoms with Gasteiger partial charge in [-0.2, -0.15) is 0 Å². The van der Waals surface area contributed by atoms with Crippen LogP contribution >= 0.6 is 11.6 Å². The second-order valence-corrected chi connectivity index (χ2v) is 11.2. The average molecular weight is 526 g/mol. The Labute approximate surface area is 226 Å². The van der Waals surface area contributed by atoms with Gasteiger partial charge >= 0.3 is 6.09 Å². The van der Waals surface area contributed by atoms with Crippen LogP contribution in [0.4, 0.5) is 4.79 Å². The highest BCUT2D eigenvalue weighted by Gasteiger charge is 2.35. The molecule has 3 aliphatic heterocycles. The van der Waals surface area contributed by atoms with E-state index in [2.05, 4.69) is 34.2 Å². The van der Waals surface area contributed by atoms with Crippen LogP contribution in [0.15, 0.2) is 54.6 Å². The lowest BCUT2D eigenvalue weighted by Gasteiger charge is -2.41. The maximum Gasteiger partial charge on any atom is 0.409 e. The van der Waals surface area contributed by atoms with E-state index >= 15 is 0 Å². The summed E-state index contributed by atoms with van der Waals surface area (Å²) in [7, 11) is 0. The number of hydrogen-bond acceptors (Lipinski definition) is 5. The third-order valence-corrected chi connectivity index (χ3v) is 8.41. The molecular formula is C30H40ClN3O3. The van der Waals surface area contributed by atoms with E-state index in [0.717, 1.165) is 57.4 Å². The maximum atomic E-state index is 13.0. The molecule has 3 saturated heterocycles. The Morgan fingerprint density at radius 2 is 1.51 bits per heavy atom. The monoisotopic (exact) mass is 525 g/mol. The number of hydroxylamine groups is 2. The Morgan fingerprint density at radius 1 is 0.811 bits per heavy atom. The van der Waals surface area contributed by atoms with E-state index in [0.29, 0.717) is 17.7 Å². The number of carbonyl (C=O) groups is 1. The highest BCUT2D eigenvalue weighted by molar-refractivity contribution is 6.30. The van der Waals surface area contributed by atoms with Crippen LogP contribution in [-0.2, 0) is 11.2 Å². The summed E-state index contributed by atoms with van der Waals surface area (Å²) < 4.78 is 5.92. The van der Waals surface area contributed by atoms with Crippen LogP contribution in [-0.4, -0.2) is 71.9 Å². The first-order valence-electron chi connectivity index (χ1n) is 14.1. The van der Waals surface area contributed by atoms with E-state index in [1.165, 1.54) is 37.9 Å². The number of rotatable bonds is 7.